The molecule has 4 rings (SSSR count). The van der Waals surface area contributed by atoms with Crippen LogP contribution >= 0.6 is 11.6 Å². The van der Waals surface area contributed by atoms with Crippen LogP contribution in [-0.4, -0.2) is 26.0 Å². The largest absolute Gasteiger partial charge is 0.435 e. The van der Waals surface area contributed by atoms with Crippen molar-refractivity contribution in [2.45, 2.75) is 46.3 Å². The number of hydrogen-bond donors (Lipinski definition) is 3. The Morgan fingerprint density at radius 1 is 1.23 bits per heavy atom. The molecule has 0 saturated heterocycles. The van der Waals surface area contributed by atoms with Crippen molar-refractivity contribution < 1.29 is 18.7 Å². The second kappa shape index (κ2) is 9.24. The number of hydrogen-bond acceptors (Lipinski definition) is 7. The highest BCUT2D eigenvalue weighted by Gasteiger charge is 2.31. The molecule has 10 heteroatoms. The van der Waals surface area contributed by atoms with Crippen molar-refractivity contribution in [2.24, 2.45) is 0 Å². The fourth-order valence-electron chi connectivity index (χ4n) is 3.93. The maximum Gasteiger partial charge on any atom is 0.289 e. The summed E-state index contributed by atoms with van der Waals surface area (Å²) in [5, 5.41) is 14.3. The van der Waals surface area contributed by atoms with Gasteiger partial charge in [0.15, 0.2) is 5.89 Å². The second-order valence-electron chi connectivity index (χ2n) is 8.93. The number of halogens is 2. The van der Waals surface area contributed by atoms with Crippen LogP contribution in [0.1, 0.15) is 58.4 Å². The Kier molecular flexibility index (Phi) is 6.48. The number of anilines is 1. The third-order valence-corrected chi connectivity index (χ3v) is 5.78. The Hall–Kier alpha value is -3.56. The highest BCUT2D eigenvalue weighted by Crippen LogP contribution is 2.27. The zero-order valence-corrected chi connectivity index (χ0v) is 20.5. The van der Waals surface area contributed by atoms with Crippen LogP contribution in [0.25, 0.3) is 10.9 Å². The Bertz CT molecular complexity index is 1420. The minimum atomic E-state index is -1.45. The highest BCUT2D eigenvalue weighted by atomic mass is 35.5. The first-order valence-electron chi connectivity index (χ1n) is 10.9. The number of carbonyl (C=O) groups excluding carboxylic acids is 1. The zero-order chi connectivity index (χ0) is 25.5. The maximum atomic E-state index is 14.6. The summed E-state index contributed by atoms with van der Waals surface area (Å²) in [6.45, 7) is 6.90. The monoisotopic (exact) mass is 497 g/mol. The van der Waals surface area contributed by atoms with E-state index in [1.807, 2.05) is 13.8 Å². The van der Waals surface area contributed by atoms with Gasteiger partial charge in [0, 0.05) is 30.2 Å². The number of oxazole rings is 1. The summed E-state index contributed by atoms with van der Waals surface area (Å²) in [6, 6.07) is 6.40. The summed E-state index contributed by atoms with van der Waals surface area (Å²) >= 11 is 6.00. The van der Waals surface area contributed by atoms with Crippen LogP contribution in [0.5, 0.6) is 0 Å². The number of amides is 1. The lowest BCUT2D eigenvalue weighted by Gasteiger charge is -2.15. The van der Waals surface area contributed by atoms with Crippen LogP contribution in [0.2, 0.25) is 5.02 Å². The van der Waals surface area contributed by atoms with E-state index in [2.05, 4.69) is 20.3 Å². The number of aliphatic hydroxyl groups is 1. The molecule has 0 aliphatic rings. The minimum absolute atomic E-state index is 0.0832. The predicted molar refractivity (Wildman–Crippen MR) is 131 cm³/mol. The topological polar surface area (TPSA) is 127 Å². The first-order valence-corrected chi connectivity index (χ1v) is 11.3. The van der Waals surface area contributed by atoms with E-state index in [0.717, 1.165) is 11.1 Å². The van der Waals surface area contributed by atoms with Gasteiger partial charge in [-0.15, -0.1) is 0 Å². The predicted octanol–water partition coefficient (Wildman–Crippen LogP) is 4.36. The van der Waals surface area contributed by atoms with Crippen molar-refractivity contribution >= 4 is 34.2 Å². The molecule has 0 radical (unpaired) electrons. The molecule has 4 N–H and O–H groups in total. The maximum absolute atomic E-state index is 14.6. The Labute approximate surface area is 206 Å². The highest BCUT2D eigenvalue weighted by molar-refractivity contribution is 6.31. The summed E-state index contributed by atoms with van der Waals surface area (Å²) in [6.07, 6.45) is 1.47. The molecule has 0 aliphatic carbocycles. The standard InChI is InChI=1S/C25H25ClFN5O3/c1-12-5-19(28)31-13(2)17(12)11-30-24(33)22-23(25(3,4)34)32-20(35-22)8-14-6-15-9-16(26)10-29-21(15)18(27)7-14/h5-7,9-10,34H,8,11H2,1-4H3,(H2,28,31)(H,30,33). The van der Waals surface area contributed by atoms with E-state index in [1.54, 1.807) is 18.2 Å². The van der Waals surface area contributed by atoms with E-state index < -0.39 is 17.3 Å². The van der Waals surface area contributed by atoms with Gasteiger partial charge >= 0.3 is 0 Å². The zero-order valence-electron chi connectivity index (χ0n) is 19.7. The van der Waals surface area contributed by atoms with Crippen molar-refractivity contribution in [3.63, 3.8) is 0 Å². The molecule has 0 aliphatic heterocycles. The van der Waals surface area contributed by atoms with Crippen molar-refractivity contribution in [3.05, 3.63) is 81.0 Å². The number of aryl methyl sites for hydroxylation is 2. The van der Waals surface area contributed by atoms with Crippen LogP contribution in [0, 0.1) is 19.7 Å². The average Bonchev–Trinajstić information content (AvgIpc) is 3.17. The Morgan fingerprint density at radius 2 is 1.97 bits per heavy atom. The van der Waals surface area contributed by atoms with Gasteiger partial charge in [0.2, 0.25) is 5.76 Å². The van der Waals surface area contributed by atoms with E-state index in [4.69, 9.17) is 21.8 Å². The number of nitrogens with two attached hydrogens (primary N) is 1. The van der Waals surface area contributed by atoms with E-state index in [1.165, 1.54) is 26.1 Å². The van der Waals surface area contributed by atoms with Crippen molar-refractivity contribution in [3.8, 4) is 0 Å². The molecule has 0 bridgehead atoms. The summed E-state index contributed by atoms with van der Waals surface area (Å²) in [7, 11) is 0. The third-order valence-electron chi connectivity index (χ3n) is 5.58. The van der Waals surface area contributed by atoms with E-state index >= 15 is 0 Å². The van der Waals surface area contributed by atoms with Crippen LogP contribution < -0.4 is 11.1 Å². The van der Waals surface area contributed by atoms with Gasteiger partial charge in [0.1, 0.15) is 28.4 Å². The molecule has 35 heavy (non-hydrogen) atoms. The van der Waals surface area contributed by atoms with Gasteiger partial charge in [-0.05, 0) is 68.7 Å². The van der Waals surface area contributed by atoms with Gasteiger partial charge < -0.3 is 20.6 Å². The smallest absolute Gasteiger partial charge is 0.289 e. The summed E-state index contributed by atoms with van der Waals surface area (Å²) in [5.74, 6) is -0.608. The van der Waals surface area contributed by atoms with Gasteiger partial charge in [-0.25, -0.2) is 14.4 Å². The Morgan fingerprint density at radius 3 is 2.66 bits per heavy atom. The molecule has 0 atom stereocenters. The minimum Gasteiger partial charge on any atom is -0.435 e. The van der Waals surface area contributed by atoms with E-state index in [9.17, 15) is 14.3 Å². The average molecular weight is 498 g/mol. The first-order chi connectivity index (χ1) is 16.4. The molecule has 0 fully saturated rings. The number of carbonyl (C=O) groups is 1. The number of fused-ring (bicyclic) bond motifs is 1. The van der Waals surface area contributed by atoms with E-state index in [0.29, 0.717) is 27.5 Å². The summed E-state index contributed by atoms with van der Waals surface area (Å²) in [5.41, 5.74) is 7.58. The van der Waals surface area contributed by atoms with Crippen LogP contribution in [0.15, 0.2) is 34.9 Å². The lowest BCUT2D eigenvalue weighted by Crippen LogP contribution is -2.28. The van der Waals surface area contributed by atoms with E-state index in [-0.39, 0.29) is 35.8 Å². The molecular weight excluding hydrogens is 473 g/mol. The molecule has 0 saturated carbocycles. The molecule has 8 nitrogen and oxygen atoms in total. The number of nitrogen functional groups attached to an aromatic ring is 1. The SMILES string of the molecule is Cc1cc(N)nc(C)c1CNC(=O)c1oc(Cc2cc(F)c3ncc(Cl)cc3c2)nc1C(C)(C)O. The first kappa shape index (κ1) is 24.6. The fourth-order valence-corrected chi connectivity index (χ4v) is 4.09. The number of nitrogens with one attached hydrogen (secondary N) is 1. The molecule has 182 valence electrons. The van der Waals surface area contributed by atoms with Gasteiger partial charge in [-0.3, -0.25) is 9.78 Å². The van der Waals surface area contributed by atoms with Crippen LogP contribution in [-0.2, 0) is 18.6 Å². The molecule has 1 amide bonds. The number of rotatable bonds is 6. The normalized spacial score (nSPS) is 11.7. The summed E-state index contributed by atoms with van der Waals surface area (Å²) < 4.78 is 20.3. The van der Waals surface area contributed by atoms with Gasteiger partial charge in [0.05, 0.1) is 5.02 Å². The third kappa shape index (κ3) is 5.26. The van der Waals surface area contributed by atoms with Gasteiger partial charge in [-0.2, -0.15) is 0 Å². The molecule has 1 aromatic carbocycles. The molecule has 3 aromatic heterocycles. The lowest BCUT2D eigenvalue weighted by molar-refractivity contribution is 0.0691. The summed E-state index contributed by atoms with van der Waals surface area (Å²) in [4.78, 5) is 25.6. The number of benzene rings is 1. The lowest BCUT2D eigenvalue weighted by atomic mass is 10.0. The number of aromatic nitrogens is 3. The molecule has 4 aromatic rings. The van der Waals surface area contributed by atoms with Crippen LogP contribution in [0.4, 0.5) is 10.2 Å². The number of nitrogens with zero attached hydrogens (tertiary/aromatic N) is 3. The van der Waals surface area contributed by atoms with Gasteiger partial charge in [0.25, 0.3) is 5.91 Å². The quantitative estimate of drug-likeness (QED) is 0.361. The number of pyridine rings is 2. The van der Waals surface area contributed by atoms with Gasteiger partial charge in [-0.1, -0.05) is 11.6 Å². The fraction of sp³-hybridized carbons (Fsp3) is 0.280. The van der Waals surface area contributed by atoms with Crippen molar-refractivity contribution in [1.82, 2.24) is 20.3 Å². The van der Waals surface area contributed by atoms with Crippen molar-refractivity contribution in [1.29, 1.82) is 0 Å². The molecule has 0 spiro atoms. The molecular formula is C25H25ClFN5O3. The van der Waals surface area contributed by atoms with Crippen LogP contribution in [0.3, 0.4) is 0 Å². The molecule has 0 unspecified atom stereocenters. The molecule has 3 heterocycles. The second-order valence-corrected chi connectivity index (χ2v) is 9.37. The van der Waals surface area contributed by atoms with Crippen molar-refractivity contribution in [2.75, 3.05) is 5.73 Å². The Balaban J connectivity index is 1.62.